The van der Waals surface area contributed by atoms with E-state index in [1.165, 1.54) is 12.1 Å². The van der Waals surface area contributed by atoms with Crippen molar-refractivity contribution in [2.24, 2.45) is 20.5 Å². The maximum atomic E-state index is 12.5. The molecule has 10 nitrogen and oxygen atoms in total. The number of carbonyl (C=O) groups is 2. The summed E-state index contributed by atoms with van der Waals surface area (Å²) >= 11 is 0. The van der Waals surface area contributed by atoms with Crippen LogP contribution < -0.4 is 9.80 Å². The second kappa shape index (κ2) is 13.6. The van der Waals surface area contributed by atoms with E-state index in [1.54, 1.807) is 36.4 Å². The second-order valence-corrected chi connectivity index (χ2v) is 9.28. The van der Waals surface area contributed by atoms with Gasteiger partial charge in [0.2, 0.25) is 0 Å². The zero-order valence-corrected chi connectivity index (χ0v) is 23.0. The minimum Gasteiger partial charge on any atom is -0.478 e. The van der Waals surface area contributed by atoms with E-state index in [1.807, 2.05) is 79.5 Å². The predicted octanol–water partition coefficient (Wildman–Crippen LogP) is 7.57. The van der Waals surface area contributed by atoms with Gasteiger partial charge in [-0.25, -0.2) is 9.59 Å². The fourth-order valence-electron chi connectivity index (χ4n) is 3.64. The van der Waals surface area contributed by atoms with Gasteiger partial charge in [0.15, 0.2) is 0 Å². The van der Waals surface area contributed by atoms with Crippen LogP contribution >= 0.6 is 0 Å². The fraction of sp³-hybridized carbons (Fsp3) is 0.161. The minimum atomic E-state index is -0.987. The number of azo groups is 2. The SMILES string of the molecule is CN(C)c1ccc(N=Nc2ccc(C(=O)OCCN(C)c3ccc(N=Nc4ccc(C(=O)O)cc4)cc3)cc2)cc1. The number of anilines is 2. The van der Waals surface area contributed by atoms with Gasteiger partial charge in [-0.2, -0.15) is 20.5 Å². The number of hydrogen-bond donors (Lipinski definition) is 1. The Bertz CT molecular complexity index is 1520. The molecule has 41 heavy (non-hydrogen) atoms. The average Bonchev–Trinajstić information content (AvgIpc) is 2.99. The number of rotatable bonds is 11. The van der Waals surface area contributed by atoms with Crippen LogP contribution in [0.25, 0.3) is 0 Å². The fourth-order valence-corrected chi connectivity index (χ4v) is 3.64. The maximum Gasteiger partial charge on any atom is 0.338 e. The van der Waals surface area contributed by atoms with E-state index >= 15 is 0 Å². The van der Waals surface area contributed by atoms with Crippen molar-refractivity contribution in [2.75, 3.05) is 44.1 Å². The van der Waals surface area contributed by atoms with Gasteiger partial charge in [0, 0.05) is 32.5 Å². The van der Waals surface area contributed by atoms with Crippen LogP contribution in [0.5, 0.6) is 0 Å². The molecule has 0 bridgehead atoms. The largest absolute Gasteiger partial charge is 0.478 e. The first-order valence-electron chi connectivity index (χ1n) is 12.8. The summed E-state index contributed by atoms with van der Waals surface area (Å²) in [6, 6.07) is 28.1. The summed E-state index contributed by atoms with van der Waals surface area (Å²) in [5, 5.41) is 25.8. The number of hydrogen-bond acceptors (Lipinski definition) is 9. The first-order chi connectivity index (χ1) is 19.8. The molecule has 0 aliphatic rings. The molecule has 0 unspecified atom stereocenters. The third-order valence-corrected chi connectivity index (χ3v) is 6.10. The number of carbonyl (C=O) groups excluding carboxylic acids is 1. The highest BCUT2D eigenvalue weighted by atomic mass is 16.5. The summed E-state index contributed by atoms with van der Waals surface area (Å²) in [6.07, 6.45) is 0. The number of ether oxygens (including phenoxy) is 1. The van der Waals surface area contributed by atoms with Crippen LogP contribution in [0.4, 0.5) is 34.1 Å². The Morgan fingerprint density at radius 3 is 1.41 bits per heavy atom. The van der Waals surface area contributed by atoms with Crippen molar-refractivity contribution >= 4 is 46.1 Å². The number of esters is 1. The van der Waals surface area contributed by atoms with Gasteiger partial charge in [0.05, 0.1) is 40.4 Å². The Morgan fingerprint density at radius 1 is 0.610 bits per heavy atom. The van der Waals surface area contributed by atoms with Crippen LogP contribution in [0.15, 0.2) is 118 Å². The molecule has 208 valence electrons. The molecule has 0 radical (unpaired) electrons. The van der Waals surface area contributed by atoms with Crippen LogP contribution in [0.1, 0.15) is 20.7 Å². The third kappa shape index (κ3) is 8.30. The van der Waals surface area contributed by atoms with Crippen molar-refractivity contribution < 1.29 is 19.4 Å². The number of carboxylic acid groups (broad SMARTS) is 1. The van der Waals surface area contributed by atoms with Gasteiger partial charge in [-0.05, 0) is 97.1 Å². The van der Waals surface area contributed by atoms with Crippen molar-refractivity contribution in [3.8, 4) is 0 Å². The number of likely N-dealkylation sites (N-methyl/N-ethyl adjacent to an activating group) is 1. The number of aromatic carboxylic acids is 1. The van der Waals surface area contributed by atoms with E-state index in [0.29, 0.717) is 29.2 Å². The monoisotopic (exact) mass is 550 g/mol. The van der Waals surface area contributed by atoms with Gasteiger partial charge < -0.3 is 19.6 Å². The first-order valence-corrected chi connectivity index (χ1v) is 12.8. The Morgan fingerprint density at radius 2 is 1.00 bits per heavy atom. The third-order valence-electron chi connectivity index (χ3n) is 6.10. The van der Waals surface area contributed by atoms with Gasteiger partial charge in [-0.15, -0.1) is 0 Å². The quantitative estimate of drug-likeness (QED) is 0.152. The standard InChI is InChI=1S/C31H30N6O4/c1-36(2)28-16-12-26(13-17-28)34-33-25-10-6-23(7-11-25)31(40)41-21-20-37(3)29-18-14-27(15-19-29)35-32-24-8-4-22(5-9-24)30(38)39/h4-19H,20-21H2,1-3H3,(H,38,39). The molecule has 0 atom stereocenters. The topological polar surface area (TPSA) is 120 Å². The zero-order chi connectivity index (χ0) is 29.2. The van der Waals surface area contributed by atoms with E-state index in [4.69, 9.17) is 9.84 Å². The van der Waals surface area contributed by atoms with E-state index in [0.717, 1.165) is 17.1 Å². The highest BCUT2D eigenvalue weighted by molar-refractivity contribution is 5.89. The van der Waals surface area contributed by atoms with Gasteiger partial charge in [0.25, 0.3) is 0 Å². The molecule has 1 N–H and O–H groups in total. The average molecular weight is 551 g/mol. The lowest BCUT2D eigenvalue weighted by atomic mass is 10.2. The van der Waals surface area contributed by atoms with Gasteiger partial charge >= 0.3 is 11.9 Å². The lowest BCUT2D eigenvalue weighted by molar-refractivity contribution is 0.0515. The van der Waals surface area contributed by atoms with E-state index in [-0.39, 0.29) is 12.2 Å². The lowest BCUT2D eigenvalue weighted by Crippen LogP contribution is -2.23. The molecule has 4 rings (SSSR count). The van der Waals surface area contributed by atoms with Crippen molar-refractivity contribution in [3.05, 3.63) is 108 Å². The molecule has 0 spiro atoms. The molecular weight excluding hydrogens is 520 g/mol. The zero-order valence-electron chi connectivity index (χ0n) is 23.0. The molecule has 0 heterocycles. The molecule has 0 aromatic heterocycles. The molecule has 10 heteroatoms. The Kier molecular flexibility index (Phi) is 9.50. The van der Waals surface area contributed by atoms with Crippen molar-refractivity contribution in [3.63, 3.8) is 0 Å². The molecule has 4 aromatic carbocycles. The van der Waals surface area contributed by atoms with Crippen LogP contribution in [0.2, 0.25) is 0 Å². The Balaban J connectivity index is 1.23. The van der Waals surface area contributed by atoms with Crippen LogP contribution in [0, 0.1) is 0 Å². The van der Waals surface area contributed by atoms with Gasteiger partial charge in [-0.1, -0.05) is 0 Å². The number of carboxylic acids is 1. The molecule has 4 aromatic rings. The molecule has 0 amide bonds. The molecule has 0 fully saturated rings. The second-order valence-electron chi connectivity index (χ2n) is 9.28. The summed E-state index contributed by atoms with van der Waals surface area (Å²) in [7, 11) is 5.86. The van der Waals surface area contributed by atoms with Crippen LogP contribution in [0.3, 0.4) is 0 Å². The number of nitrogens with zero attached hydrogens (tertiary/aromatic N) is 6. The maximum absolute atomic E-state index is 12.5. The Hall–Kier alpha value is -5.38. The Labute approximate surface area is 238 Å². The highest BCUT2D eigenvalue weighted by Gasteiger charge is 2.09. The van der Waals surface area contributed by atoms with Gasteiger partial charge in [-0.3, -0.25) is 0 Å². The summed E-state index contributed by atoms with van der Waals surface area (Å²) in [5.41, 5.74) is 5.24. The number of benzene rings is 4. The highest BCUT2D eigenvalue weighted by Crippen LogP contribution is 2.23. The summed E-state index contributed by atoms with van der Waals surface area (Å²) < 4.78 is 5.45. The van der Waals surface area contributed by atoms with E-state index < -0.39 is 11.9 Å². The van der Waals surface area contributed by atoms with Crippen molar-refractivity contribution in [1.29, 1.82) is 0 Å². The van der Waals surface area contributed by atoms with Crippen molar-refractivity contribution in [1.82, 2.24) is 0 Å². The molecule has 0 saturated heterocycles. The van der Waals surface area contributed by atoms with Crippen LogP contribution in [-0.4, -0.2) is 51.3 Å². The summed E-state index contributed by atoms with van der Waals surface area (Å²) in [6.45, 7) is 0.717. The minimum absolute atomic E-state index is 0.195. The lowest BCUT2D eigenvalue weighted by Gasteiger charge is -2.19. The normalized spacial score (nSPS) is 11.1. The smallest absolute Gasteiger partial charge is 0.338 e. The van der Waals surface area contributed by atoms with Crippen LogP contribution in [-0.2, 0) is 4.74 Å². The molecule has 0 aliphatic carbocycles. The van der Waals surface area contributed by atoms with Gasteiger partial charge in [0.1, 0.15) is 6.61 Å². The summed E-state index contributed by atoms with van der Waals surface area (Å²) in [4.78, 5) is 27.4. The molecule has 0 aliphatic heterocycles. The van der Waals surface area contributed by atoms with E-state index in [9.17, 15) is 9.59 Å². The predicted molar refractivity (Wildman–Crippen MR) is 159 cm³/mol. The van der Waals surface area contributed by atoms with E-state index in [2.05, 4.69) is 20.5 Å². The molecular formula is C31H30N6O4. The summed E-state index contributed by atoms with van der Waals surface area (Å²) in [5.74, 6) is -1.40. The van der Waals surface area contributed by atoms with Crippen molar-refractivity contribution in [2.45, 2.75) is 0 Å². The molecule has 0 saturated carbocycles. The first kappa shape index (κ1) is 28.6.